The quantitative estimate of drug-likeness (QED) is 0.682. The molecular weight excluding hydrogens is 405 g/mol. The van der Waals surface area contributed by atoms with Crippen LogP contribution >= 0.6 is 0 Å². The molecule has 3 heterocycles. The molecule has 1 saturated carbocycles. The minimum Gasteiger partial charge on any atom is -0.351 e. The third-order valence-corrected chi connectivity index (χ3v) is 6.97. The molecule has 3 N–H and O–H groups in total. The third kappa shape index (κ3) is 3.79. The van der Waals surface area contributed by atoms with Gasteiger partial charge in [0.05, 0.1) is 12.2 Å². The second kappa shape index (κ2) is 7.66. The molecule has 0 radical (unpaired) electrons. The van der Waals surface area contributed by atoms with Gasteiger partial charge >= 0.3 is 0 Å². The maximum absolute atomic E-state index is 14.4. The van der Waals surface area contributed by atoms with E-state index in [0.717, 1.165) is 39.9 Å². The number of halogens is 1. The van der Waals surface area contributed by atoms with Crippen LogP contribution in [0.15, 0.2) is 30.5 Å². The molecule has 5 rings (SSSR count). The third-order valence-electron chi connectivity index (χ3n) is 6.97. The summed E-state index contributed by atoms with van der Waals surface area (Å²) in [7, 11) is 0. The Kier molecular flexibility index (Phi) is 5.04. The van der Waals surface area contributed by atoms with Crippen molar-refractivity contribution in [1.29, 1.82) is 0 Å². The lowest BCUT2D eigenvalue weighted by Gasteiger charge is -2.33. The number of fused-ring (bicyclic) bond motifs is 2. The van der Waals surface area contributed by atoms with Crippen LogP contribution in [0.3, 0.4) is 0 Å². The Bertz CT molecular complexity index is 1110. The molecule has 3 aliphatic rings. The topological polar surface area (TPSA) is 78.9 Å². The molecule has 1 fully saturated rings. The van der Waals surface area contributed by atoms with Gasteiger partial charge in [0, 0.05) is 41.9 Å². The van der Waals surface area contributed by atoms with Crippen LogP contribution in [0.5, 0.6) is 0 Å². The highest BCUT2D eigenvalue weighted by Gasteiger charge is 2.37. The number of rotatable bonds is 4. The van der Waals surface area contributed by atoms with Crippen molar-refractivity contribution >= 4 is 17.4 Å². The SMILES string of the molecule is C[C@@H]1C=C(c2ccc3c(c2)C(C)(C)CNC3=O)c2cnc(NCC3(F)CCC3)nc2CN1. The maximum Gasteiger partial charge on any atom is 0.251 e. The van der Waals surface area contributed by atoms with E-state index in [2.05, 4.69) is 53.8 Å². The van der Waals surface area contributed by atoms with E-state index in [1.54, 1.807) is 0 Å². The maximum atomic E-state index is 14.4. The van der Waals surface area contributed by atoms with Crippen molar-refractivity contribution < 1.29 is 9.18 Å². The fourth-order valence-corrected chi connectivity index (χ4v) is 4.71. The van der Waals surface area contributed by atoms with Gasteiger partial charge in [-0.05, 0) is 55.0 Å². The minimum atomic E-state index is -1.13. The molecule has 1 aliphatic carbocycles. The van der Waals surface area contributed by atoms with Gasteiger partial charge in [0.1, 0.15) is 5.67 Å². The van der Waals surface area contributed by atoms with E-state index in [1.807, 2.05) is 18.3 Å². The molecule has 0 unspecified atom stereocenters. The van der Waals surface area contributed by atoms with Crippen LogP contribution in [-0.4, -0.2) is 40.7 Å². The molecule has 0 bridgehead atoms. The zero-order valence-corrected chi connectivity index (χ0v) is 18.9. The molecule has 2 aromatic rings. The van der Waals surface area contributed by atoms with Gasteiger partial charge < -0.3 is 16.0 Å². The van der Waals surface area contributed by atoms with Gasteiger partial charge in [-0.25, -0.2) is 14.4 Å². The molecular formula is C25H30FN5O. The number of anilines is 1. The fourth-order valence-electron chi connectivity index (χ4n) is 4.71. The van der Waals surface area contributed by atoms with Gasteiger partial charge in [0.25, 0.3) is 5.91 Å². The number of nitrogens with zero attached hydrogens (tertiary/aromatic N) is 2. The van der Waals surface area contributed by atoms with Gasteiger partial charge in [-0.1, -0.05) is 26.0 Å². The monoisotopic (exact) mass is 435 g/mol. The van der Waals surface area contributed by atoms with Gasteiger partial charge in [-0.2, -0.15) is 0 Å². The summed E-state index contributed by atoms with van der Waals surface area (Å²) < 4.78 is 14.4. The summed E-state index contributed by atoms with van der Waals surface area (Å²) in [6, 6.07) is 6.20. The van der Waals surface area contributed by atoms with Crippen molar-refractivity contribution in [3.63, 3.8) is 0 Å². The highest BCUT2D eigenvalue weighted by Crippen LogP contribution is 2.37. The number of benzene rings is 1. The molecule has 0 saturated heterocycles. The van der Waals surface area contributed by atoms with Crippen LogP contribution in [0.1, 0.15) is 72.8 Å². The summed E-state index contributed by atoms with van der Waals surface area (Å²) in [5.41, 5.74) is 4.45. The van der Waals surface area contributed by atoms with Crippen molar-refractivity contribution in [3.8, 4) is 0 Å². The van der Waals surface area contributed by atoms with Crippen LogP contribution < -0.4 is 16.0 Å². The van der Waals surface area contributed by atoms with Crippen LogP contribution in [0.4, 0.5) is 10.3 Å². The highest BCUT2D eigenvalue weighted by molar-refractivity contribution is 5.98. The Balaban J connectivity index is 1.50. The molecule has 1 amide bonds. The first-order valence-electron chi connectivity index (χ1n) is 11.4. The first kappa shape index (κ1) is 21.1. The van der Waals surface area contributed by atoms with Crippen molar-refractivity contribution in [3.05, 3.63) is 58.4 Å². The first-order valence-corrected chi connectivity index (χ1v) is 11.4. The molecule has 168 valence electrons. The van der Waals surface area contributed by atoms with E-state index >= 15 is 0 Å². The zero-order valence-electron chi connectivity index (χ0n) is 18.9. The smallest absolute Gasteiger partial charge is 0.251 e. The Hall–Kier alpha value is -2.80. The van der Waals surface area contributed by atoms with E-state index in [4.69, 9.17) is 4.98 Å². The average molecular weight is 436 g/mol. The molecule has 6 nitrogen and oxygen atoms in total. The lowest BCUT2D eigenvalue weighted by molar-refractivity contribution is 0.0782. The van der Waals surface area contributed by atoms with Crippen LogP contribution in [0.25, 0.3) is 5.57 Å². The molecule has 2 aliphatic heterocycles. The molecule has 1 aromatic carbocycles. The summed E-state index contributed by atoms with van der Waals surface area (Å²) in [6.07, 6.45) is 6.16. The molecule has 0 spiro atoms. The van der Waals surface area contributed by atoms with Gasteiger partial charge in [0.15, 0.2) is 0 Å². The number of nitrogens with one attached hydrogen (secondary N) is 3. The molecule has 32 heavy (non-hydrogen) atoms. The Morgan fingerprint density at radius 1 is 1.25 bits per heavy atom. The van der Waals surface area contributed by atoms with E-state index in [9.17, 15) is 9.18 Å². The second-order valence-electron chi connectivity index (χ2n) is 9.99. The highest BCUT2D eigenvalue weighted by atomic mass is 19.1. The number of alkyl halides is 1. The summed E-state index contributed by atoms with van der Waals surface area (Å²) in [5, 5.41) is 9.55. The van der Waals surface area contributed by atoms with Crippen LogP contribution in [0.2, 0.25) is 0 Å². The van der Waals surface area contributed by atoms with Crippen molar-refractivity contribution in [2.24, 2.45) is 0 Å². The lowest BCUT2D eigenvalue weighted by atomic mass is 9.77. The summed E-state index contributed by atoms with van der Waals surface area (Å²) in [6.45, 7) is 7.88. The largest absolute Gasteiger partial charge is 0.351 e. The number of carbonyl (C=O) groups is 1. The van der Waals surface area contributed by atoms with E-state index in [0.29, 0.717) is 31.9 Å². The Labute approximate surface area is 188 Å². The predicted octanol–water partition coefficient (Wildman–Crippen LogP) is 3.73. The average Bonchev–Trinajstić information content (AvgIpc) is 2.92. The fraction of sp³-hybridized carbons (Fsp3) is 0.480. The standard InChI is InChI=1S/C25H30FN5O/c1-15-9-18(16-5-6-17-20(10-16)24(2,3)13-29-22(17)32)19-11-28-23(31-21(19)12-27-15)30-14-25(26)7-4-8-25/h5-6,9-11,15,27H,4,7-8,12-14H2,1-3H3,(H,29,32)(H,28,30,31)/t15-/m1/s1. The van der Waals surface area contributed by atoms with E-state index in [-0.39, 0.29) is 23.9 Å². The van der Waals surface area contributed by atoms with Crippen molar-refractivity contribution in [2.45, 2.75) is 63.7 Å². The van der Waals surface area contributed by atoms with E-state index < -0.39 is 5.67 Å². The van der Waals surface area contributed by atoms with Crippen LogP contribution in [0, 0.1) is 0 Å². The summed E-state index contributed by atoms with van der Waals surface area (Å²) >= 11 is 0. The van der Waals surface area contributed by atoms with Crippen molar-refractivity contribution in [1.82, 2.24) is 20.6 Å². The molecule has 7 heteroatoms. The second-order valence-corrected chi connectivity index (χ2v) is 9.99. The van der Waals surface area contributed by atoms with Gasteiger partial charge in [-0.3, -0.25) is 4.79 Å². The Morgan fingerprint density at radius 3 is 2.81 bits per heavy atom. The predicted molar refractivity (Wildman–Crippen MR) is 123 cm³/mol. The number of hydrogen-bond donors (Lipinski definition) is 3. The summed E-state index contributed by atoms with van der Waals surface area (Å²) in [4.78, 5) is 21.6. The number of carbonyl (C=O) groups excluding carboxylic acids is 1. The van der Waals surface area contributed by atoms with Gasteiger partial charge in [0.2, 0.25) is 5.95 Å². The minimum absolute atomic E-state index is 0.0210. The van der Waals surface area contributed by atoms with Crippen molar-refractivity contribution in [2.75, 3.05) is 18.4 Å². The molecule has 1 aromatic heterocycles. The van der Waals surface area contributed by atoms with E-state index in [1.165, 1.54) is 0 Å². The normalized spacial score (nSPS) is 23.1. The first-order chi connectivity index (χ1) is 15.2. The van der Waals surface area contributed by atoms with Gasteiger partial charge in [-0.15, -0.1) is 0 Å². The number of amides is 1. The summed E-state index contributed by atoms with van der Waals surface area (Å²) in [5.74, 6) is 0.443. The zero-order chi connectivity index (χ0) is 22.5. The Morgan fingerprint density at radius 2 is 2.06 bits per heavy atom. The lowest BCUT2D eigenvalue weighted by Crippen LogP contribution is -2.43. The number of hydrogen-bond acceptors (Lipinski definition) is 5. The number of aromatic nitrogens is 2. The molecule has 1 atom stereocenters. The van der Waals surface area contributed by atoms with Crippen LogP contribution in [-0.2, 0) is 12.0 Å².